The van der Waals surface area contributed by atoms with Crippen LogP contribution in [0.1, 0.15) is 31.7 Å². The van der Waals surface area contributed by atoms with Crippen LogP contribution >= 0.6 is 0 Å². The molecule has 4 nitrogen and oxygen atoms in total. The molecule has 24 heavy (non-hydrogen) atoms. The Hall–Kier alpha value is -1.10. The highest BCUT2D eigenvalue weighted by molar-refractivity contribution is 5.67. The molecule has 1 aromatic carbocycles. The predicted molar refractivity (Wildman–Crippen MR) is 91.7 cm³/mol. The molecule has 0 aromatic heterocycles. The zero-order valence-corrected chi connectivity index (χ0v) is 14.3. The molecule has 128 valence electrons. The molecule has 4 saturated heterocycles. The van der Waals surface area contributed by atoms with Crippen LogP contribution in [0, 0.1) is 17.8 Å². The number of para-hydroxylation sites is 1. The van der Waals surface area contributed by atoms with Gasteiger partial charge in [0.15, 0.2) is 0 Å². The van der Waals surface area contributed by atoms with E-state index in [0.717, 1.165) is 19.3 Å². The van der Waals surface area contributed by atoms with E-state index in [4.69, 9.17) is 0 Å². The van der Waals surface area contributed by atoms with Gasteiger partial charge in [-0.25, -0.2) is 0 Å². The second-order valence-electron chi connectivity index (χ2n) is 8.81. The van der Waals surface area contributed by atoms with E-state index in [-0.39, 0.29) is 17.7 Å². The molecule has 5 fully saturated rings. The number of fused-ring (bicyclic) bond motifs is 2. The number of hydrogen-bond donors (Lipinski definition) is 2. The molecule has 1 saturated carbocycles. The quantitative estimate of drug-likeness (QED) is 0.822. The lowest BCUT2D eigenvalue weighted by molar-refractivity contribution is -0.211. The predicted octanol–water partition coefficient (Wildman–Crippen LogP) is 1.55. The Morgan fingerprint density at radius 3 is 2.79 bits per heavy atom. The number of likely N-dealkylation sites (N-methyl/N-ethyl adjacent to an activating group) is 1. The third-order valence-electron chi connectivity index (χ3n) is 8.46. The Morgan fingerprint density at radius 2 is 2.00 bits per heavy atom. The van der Waals surface area contributed by atoms with Crippen LogP contribution in [0.5, 0.6) is 0 Å². The van der Waals surface area contributed by atoms with E-state index in [1.54, 1.807) is 0 Å². The minimum absolute atomic E-state index is 0.126. The van der Waals surface area contributed by atoms with E-state index < -0.39 is 0 Å². The fourth-order valence-corrected chi connectivity index (χ4v) is 7.88. The molecule has 4 heteroatoms. The van der Waals surface area contributed by atoms with Crippen LogP contribution in [0.15, 0.2) is 24.3 Å². The maximum absolute atomic E-state index is 11.6. The van der Waals surface area contributed by atoms with Crippen LogP contribution in [-0.2, 0) is 5.41 Å². The lowest BCUT2D eigenvalue weighted by atomic mass is 9.62. The topological polar surface area (TPSA) is 46.9 Å². The van der Waals surface area contributed by atoms with Gasteiger partial charge in [-0.1, -0.05) is 25.1 Å². The van der Waals surface area contributed by atoms with Gasteiger partial charge in [-0.15, -0.1) is 0 Å². The summed E-state index contributed by atoms with van der Waals surface area (Å²) in [6.07, 6.45) is 2.56. The molecule has 5 heterocycles. The number of piperidine rings is 4. The highest BCUT2D eigenvalue weighted by atomic mass is 16.3. The van der Waals surface area contributed by atoms with Gasteiger partial charge in [0.2, 0.25) is 0 Å². The largest absolute Gasteiger partial charge is 0.392 e. The highest BCUT2D eigenvalue weighted by Gasteiger charge is 2.76. The van der Waals surface area contributed by atoms with Gasteiger partial charge in [0.05, 0.1) is 12.1 Å². The first-order valence-corrected chi connectivity index (χ1v) is 9.57. The smallest absolute Gasteiger partial charge is 0.111 e. The molecule has 6 aliphatic rings. The van der Waals surface area contributed by atoms with Gasteiger partial charge >= 0.3 is 0 Å². The maximum Gasteiger partial charge on any atom is 0.111 e. The second kappa shape index (κ2) is 4.17. The molecule has 0 amide bonds. The number of hydrogen-bond acceptors (Lipinski definition) is 4. The minimum atomic E-state index is -0.319. The first kappa shape index (κ1) is 14.1. The normalized spacial score (nSPS) is 55.8. The first-order valence-electron chi connectivity index (χ1n) is 9.57. The second-order valence-corrected chi connectivity index (χ2v) is 8.81. The van der Waals surface area contributed by atoms with Crippen molar-refractivity contribution >= 4 is 5.69 Å². The fourth-order valence-electron chi connectivity index (χ4n) is 7.88. The summed E-state index contributed by atoms with van der Waals surface area (Å²) in [5, 5.41) is 22.6. The summed E-state index contributed by atoms with van der Waals surface area (Å²) in [6.45, 7) is 2.19. The number of benzene rings is 1. The van der Waals surface area contributed by atoms with Crippen molar-refractivity contribution < 1.29 is 10.2 Å². The van der Waals surface area contributed by atoms with Crippen molar-refractivity contribution in [3.05, 3.63) is 29.8 Å². The number of rotatable bonds is 1. The number of aliphatic hydroxyl groups excluding tert-OH is 2. The average Bonchev–Trinajstić information content (AvgIpc) is 2.97. The zero-order valence-electron chi connectivity index (χ0n) is 14.3. The summed E-state index contributed by atoms with van der Waals surface area (Å²) in [5.41, 5.74) is 2.51. The van der Waals surface area contributed by atoms with Crippen LogP contribution < -0.4 is 4.90 Å². The molecule has 5 aliphatic heterocycles. The van der Waals surface area contributed by atoms with E-state index in [1.807, 2.05) is 0 Å². The van der Waals surface area contributed by atoms with Gasteiger partial charge in [0.25, 0.3) is 0 Å². The summed E-state index contributed by atoms with van der Waals surface area (Å²) in [7, 11) is 2.19. The van der Waals surface area contributed by atoms with E-state index in [9.17, 15) is 10.2 Å². The minimum Gasteiger partial charge on any atom is -0.392 e. The highest BCUT2D eigenvalue weighted by Crippen LogP contribution is 2.68. The van der Waals surface area contributed by atoms with E-state index in [0.29, 0.717) is 35.9 Å². The van der Waals surface area contributed by atoms with E-state index >= 15 is 0 Å². The molecule has 5 bridgehead atoms. The molecule has 1 unspecified atom stereocenters. The Labute approximate surface area is 143 Å². The number of nitrogens with zero attached hydrogens (tertiary/aromatic N) is 2. The lowest BCUT2D eigenvalue weighted by Crippen LogP contribution is -2.72. The third-order valence-corrected chi connectivity index (χ3v) is 8.46. The summed E-state index contributed by atoms with van der Waals surface area (Å²) < 4.78 is 0. The molecular formula is C20H26N2O2. The summed E-state index contributed by atoms with van der Waals surface area (Å²) in [4.78, 5) is 4.83. The summed E-state index contributed by atoms with van der Waals surface area (Å²) in [5.74, 6) is 1.14. The van der Waals surface area contributed by atoms with Crippen LogP contribution in [0.25, 0.3) is 0 Å². The van der Waals surface area contributed by atoms with Crippen molar-refractivity contribution in [3.63, 3.8) is 0 Å². The van der Waals surface area contributed by atoms with Crippen molar-refractivity contribution in [2.24, 2.45) is 17.8 Å². The van der Waals surface area contributed by atoms with Crippen molar-refractivity contribution in [3.8, 4) is 0 Å². The van der Waals surface area contributed by atoms with Gasteiger partial charge in [0.1, 0.15) is 6.23 Å². The average molecular weight is 326 g/mol. The first-order chi connectivity index (χ1) is 11.6. The van der Waals surface area contributed by atoms with Crippen molar-refractivity contribution in [1.29, 1.82) is 0 Å². The molecular weight excluding hydrogens is 300 g/mol. The zero-order chi connectivity index (χ0) is 16.4. The Kier molecular flexibility index (Phi) is 2.45. The summed E-state index contributed by atoms with van der Waals surface area (Å²) in [6, 6.07) is 9.70. The molecule has 0 radical (unpaired) electrons. The van der Waals surface area contributed by atoms with Gasteiger partial charge < -0.3 is 15.1 Å². The SMILES string of the molecule is CC[C@H]1[C@H]2C[C@H]3[C@@H]4N(C)c5ccccc5[C@]45C[C@@H]([C@H]2[C@H]5O)N3[C@@H]1O. The molecule has 10 atom stereocenters. The Morgan fingerprint density at radius 1 is 1.21 bits per heavy atom. The van der Waals surface area contributed by atoms with Crippen LogP contribution in [0.3, 0.4) is 0 Å². The fraction of sp³-hybridized carbons (Fsp3) is 0.700. The van der Waals surface area contributed by atoms with E-state index in [2.05, 4.69) is 48.0 Å². The maximum atomic E-state index is 11.6. The third kappa shape index (κ3) is 1.20. The molecule has 1 spiro atoms. The van der Waals surface area contributed by atoms with Crippen molar-refractivity contribution in [2.75, 3.05) is 11.9 Å². The molecule has 7 rings (SSSR count). The lowest BCUT2D eigenvalue weighted by Gasteiger charge is -2.62. The molecule has 1 aliphatic carbocycles. The number of anilines is 1. The van der Waals surface area contributed by atoms with Gasteiger partial charge in [0, 0.05) is 42.1 Å². The Balaban J connectivity index is 1.60. The van der Waals surface area contributed by atoms with E-state index in [1.165, 1.54) is 11.3 Å². The van der Waals surface area contributed by atoms with Crippen molar-refractivity contribution in [2.45, 2.75) is 62.1 Å². The molecule has 2 N–H and O–H groups in total. The monoisotopic (exact) mass is 326 g/mol. The molecule has 1 aromatic rings. The van der Waals surface area contributed by atoms with Gasteiger partial charge in [-0.2, -0.15) is 0 Å². The number of aliphatic hydroxyl groups is 2. The summed E-state index contributed by atoms with van der Waals surface area (Å²) >= 11 is 0. The van der Waals surface area contributed by atoms with Gasteiger partial charge in [-0.3, -0.25) is 4.90 Å². The Bertz CT molecular complexity index is 723. The van der Waals surface area contributed by atoms with Gasteiger partial charge in [-0.05, 0) is 36.8 Å². The van der Waals surface area contributed by atoms with Crippen LogP contribution in [0.2, 0.25) is 0 Å². The van der Waals surface area contributed by atoms with Crippen LogP contribution in [0.4, 0.5) is 5.69 Å². The standard InChI is InChI=1S/C20H26N2O2/c1-3-10-11-8-14-17-20(12-6-4-5-7-13(12)21(17)2)9-15(16(11)18(20)23)22(14)19(10)24/h4-7,10-11,14-19,23-24H,3,8-9H2,1-2H3/t10-,11+,14-,15-,16-,17-,18+,19+,20+/m0/s1. The van der Waals surface area contributed by atoms with Crippen molar-refractivity contribution in [1.82, 2.24) is 4.90 Å². The van der Waals surface area contributed by atoms with Crippen LogP contribution in [-0.4, -0.2) is 52.6 Å².